The number of nitrogens with one attached hydrogen (secondary N) is 1. The van der Waals surface area contributed by atoms with Crippen LogP contribution in [0.5, 0.6) is 0 Å². The molecule has 0 rings (SSSR count). The van der Waals surface area contributed by atoms with Gasteiger partial charge >= 0.3 is 0 Å². The van der Waals surface area contributed by atoms with E-state index in [1.165, 1.54) is 0 Å². The average molecular weight is 146 g/mol. The molecule has 10 heavy (non-hydrogen) atoms. The minimum Gasteiger partial charge on any atom is -0.395 e. The number of nitrogens with two attached hydrogens (primary N) is 1. The molecule has 1 unspecified atom stereocenters. The molecule has 0 aliphatic carbocycles. The quantitative estimate of drug-likeness (QED) is 0.510. The SMILES string of the molecule is CC(CO)NC(C)(C)CN. The van der Waals surface area contributed by atoms with Crippen LogP contribution in [0.1, 0.15) is 20.8 Å². The lowest BCUT2D eigenvalue weighted by molar-refractivity contribution is 0.221. The van der Waals surface area contributed by atoms with Gasteiger partial charge in [-0.2, -0.15) is 0 Å². The van der Waals surface area contributed by atoms with Gasteiger partial charge in [0.25, 0.3) is 0 Å². The summed E-state index contributed by atoms with van der Waals surface area (Å²) >= 11 is 0. The molecule has 0 saturated heterocycles. The molecule has 0 saturated carbocycles. The lowest BCUT2D eigenvalue weighted by atomic mass is 10.1. The molecule has 1 atom stereocenters. The highest BCUT2D eigenvalue weighted by molar-refractivity contribution is 4.80. The molecule has 0 radical (unpaired) electrons. The predicted octanol–water partition coefficient (Wildman–Crippen LogP) is -0.306. The van der Waals surface area contributed by atoms with Gasteiger partial charge in [0.05, 0.1) is 6.61 Å². The molecule has 0 aliphatic rings. The van der Waals surface area contributed by atoms with Crippen LogP contribution in [0.25, 0.3) is 0 Å². The van der Waals surface area contributed by atoms with Crippen LogP contribution in [0, 0.1) is 0 Å². The van der Waals surface area contributed by atoms with Crippen LogP contribution >= 0.6 is 0 Å². The van der Waals surface area contributed by atoms with Crippen LogP contribution in [0.3, 0.4) is 0 Å². The molecule has 0 aliphatic heterocycles. The number of rotatable bonds is 4. The third kappa shape index (κ3) is 3.82. The van der Waals surface area contributed by atoms with Gasteiger partial charge in [0.15, 0.2) is 0 Å². The number of hydrogen-bond acceptors (Lipinski definition) is 3. The second-order valence-corrected chi connectivity index (χ2v) is 3.32. The zero-order valence-electron chi connectivity index (χ0n) is 7.02. The second-order valence-electron chi connectivity index (χ2n) is 3.32. The van der Waals surface area contributed by atoms with Gasteiger partial charge in [-0.15, -0.1) is 0 Å². The van der Waals surface area contributed by atoms with E-state index in [1.807, 2.05) is 20.8 Å². The number of aliphatic hydroxyl groups excluding tert-OH is 1. The first-order valence-electron chi connectivity index (χ1n) is 3.60. The van der Waals surface area contributed by atoms with Crippen LogP contribution in [0.4, 0.5) is 0 Å². The molecule has 0 bridgehead atoms. The predicted molar refractivity (Wildman–Crippen MR) is 42.8 cm³/mol. The van der Waals surface area contributed by atoms with Crippen LogP contribution in [-0.4, -0.2) is 29.8 Å². The van der Waals surface area contributed by atoms with E-state index in [9.17, 15) is 0 Å². The molecule has 3 nitrogen and oxygen atoms in total. The Morgan fingerprint density at radius 3 is 2.40 bits per heavy atom. The molecular formula is C7H18N2O. The van der Waals surface area contributed by atoms with Gasteiger partial charge in [-0.1, -0.05) is 0 Å². The van der Waals surface area contributed by atoms with Crippen molar-refractivity contribution in [1.29, 1.82) is 0 Å². The first-order valence-corrected chi connectivity index (χ1v) is 3.60. The summed E-state index contributed by atoms with van der Waals surface area (Å²) in [5, 5.41) is 11.9. The third-order valence-corrected chi connectivity index (χ3v) is 1.42. The Bertz CT molecular complexity index is 93.6. The number of aliphatic hydroxyl groups is 1. The summed E-state index contributed by atoms with van der Waals surface area (Å²) in [6, 6.07) is 0.124. The van der Waals surface area contributed by atoms with Gasteiger partial charge in [0, 0.05) is 18.1 Å². The number of hydrogen-bond donors (Lipinski definition) is 3. The molecular weight excluding hydrogens is 128 g/mol. The summed E-state index contributed by atoms with van der Waals surface area (Å²) in [7, 11) is 0. The fourth-order valence-corrected chi connectivity index (χ4v) is 0.772. The van der Waals surface area contributed by atoms with E-state index in [4.69, 9.17) is 10.8 Å². The highest BCUT2D eigenvalue weighted by Crippen LogP contribution is 1.99. The Hall–Kier alpha value is -0.120. The summed E-state index contributed by atoms with van der Waals surface area (Å²) in [4.78, 5) is 0. The van der Waals surface area contributed by atoms with Gasteiger partial charge in [0.1, 0.15) is 0 Å². The fourth-order valence-electron chi connectivity index (χ4n) is 0.772. The van der Waals surface area contributed by atoms with E-state index >= 15 is 0 Å². The highest BCUT2D eigenvalue weighted by Gasteiger charge is 2.16. The van der Waals surface area contributed by atoms with Crippen LogP contribution in [-0.2, 0) is 0 Å². The molecule has 0 aromatic carbocycles. The Morgan fingerprint density at radius 1 is 1.60 bits per heavy atom. The maximum atomic E-state index is 8.69. The van der Waals surface area contributed by atoms with Gasteiger partial charge in [-0.25, -0.2) is 0 Å². The molecule has 4 N–H and O–H groups in total. The molecule has 3 heteroatoms. The molecule has 0 heterocycles. The van der Waals surface area contributed by atoms with Crippen molar-refractivity contribution >= 4 is 0 Å². The van der Waals surface area contributed by atoms with E-state index in [1.54, 1.807) is 0 Å². The lowest BCUT2D eigenvalue weighted by Crippen LogP contribution is -2.50. The van der Waals surface area contributed by atoms with Crippen molar-refractivity contribution in [3.05, 3.63) is 0 Å². The van der Waals surface area contributed by atoms with Crippen molar-refractivity contribution in [3.63, 3.8) is 0 Å². The van der Waals surface area contributed by atoms with Gasteiger partial charge in [-0.05, 0) is 20.8 Å². The Morgan fingerprint density at radius 2 is 2.10 bits per heavy atom. The molecule has 0 spiro atoms. The molecule has 0 aromatic heterocycles. The van der Waals surface area contributed by atoms with Crippen molar-refractivity contribution in [1.82, 2.24) is 5.32 Å². The van der Waals surface area contributed by atoms with E-state index in [2.05, 4.69) is 5.32 Å². The Balaban J connectivity index is 3.64. The summed E-state index contributed by atoms with van der Waals surface area (Å²) in [6.45, 7) is 6.69. The zero-order valence-corrected chi connectivity index (χ0v) is 7.02. The zero-order chi connectivity index (χ0) is 8.20. The van der Waals surface area contributed by atoms with Crippen molar-refractivity contribution in [2.24, 2.45) is 5.73 Å². The summed E-state index contributed by atoms with van der Waals surface area (Å²) in [6.07, 6.45) is 0. The first-order chi connectivity index (χ1) is 4.52. The topological polar surface area (TPSA) is 58.3 Å². The Kier molecular flexibility index (Phi) is 3.86. The monoisotopic (exact) mass is 146 g/mol. The molecule has 0 fully saturated rings. The fraction of sp³-hybridized carbons (Fsp3) is 1.00. The van der Waals surface area contributed by atoms with E-state index in [-0.39, 0.29) is 18.2 Å². The van der Waals surface area contributed by atoms with Crippen molar-refractivity contribution in [2.75, 3.05) is 13.2 Å². The van der Waals surface area contributed by atoms with Gasteiger partial charge < -0.3 is 16.2 Å². The third-order valence-electron chi connectivity index (χ3n) is 1.42. The minimum atomic E-state index is -0.0673. The average Bonchev–Trinajstić information content (AvgIpc) is 1.87. The van der Waals surface area contributed by atoms with Gasteiger partial charge in [-0.3, -0.25) is 0 Å². The smallest absolute Gasteiger partial charge is 0.0582 e. The summed E-state index contributed by atoms with van der Waals surface area (Å²) in [5.41, 5.74) is 5.40. The highest BCUT2D eigenvalue weighted by atomic mass is 16.3. The normalized spacial score (nSPS) is 15.3. The largest absolute Gasteiger partial charge is 0.395 e. The van der Waals surface area contributed by atoms with Crippen LogP contribution in [0.15, 0.2) is 0 Å². The second kappa shape index (κ2) is 3.91. The lowest BCUT2D eigenvalue weighted by Gasteiger charge is -2.27. The van der Waals surface area contributed by atoms with Crippen LogP contribution < -0.4 is 11.1 Å². The van der Waals surface area contributed by atoms with E-state index in [0.717, 1.165) is 0 Å². The van der Waals surface area contributed by atoms with Crippen molar-refractivity contribution in [2.45, 2.75) is 32.4 Å². The van der Waals surface area contributed by atoms with Gasteiger partial charge in [0.2, 0.25) is 0 Å². The molecule has 0 amide bonds. The van der Waals surface area contributed by atoms with Crippen LogP contribution in [0.2, 0.25) is 0 Å². The maximum absolute atomic E-state index is 8.69. The van der Waals surface area contributed by atoms with E-state index in [0.29, 0.717) is 6.54 Å². The van der Waals surface area contributed by atoms with E-state index < -0.39 is 0 Å². The molecule has 62 valence electrons. The van der Waals surface area contributed by atoms with Crippen molar-refractivity contribution in [3.8, 4) is 0 Å². The minimum absolute atomic E-state index is 0.0673. The standard InChI is InChI=1S/C7H18N2O/c1-6(4-10)9-7(2,3)5-8/h6,9-10H,4-5,8H2,1-3H3. The summed E-state index contributed by atoms with van der Waals surface area (Å²) in [5.74, 6) is 0. The molecule has 0 aromatic rings. The Labute approximate surface area is 62.6 Å². The summed E-state index contributed by atoms with van der Waals surface area (Å²) < 4.78 is 0. The maximum Gasteiger partial charge on any atom is 0.0582 e. The van der Waals surface area contributed by atoms with Crippen molar-refractivity contribution < 1.29 is 5.11 Å². The first kappa shape index (κ1) is 9.88.